The van der Waals surface area contributed by atoms with Gasteiger partial charge in [0.1, 0.15) is 11.5 Å². The van der Waals surface area contributed by atoms with Gasteiger partial charge in [0.2, 0.25) is 0 Å². The Morgan fingerprint density at radius 2 is 1.67 bits per heavy atom. The predicted molar refractivity (Wildman–Crippen MR) is 104 cm³/mol. The molecule has 0 saturated heterocycles. The van der Waals surface area contributed by atoms with Crippen molar-refractivity contribution in [2.75, 3.05) is 0 Å². The lowest BCUT2D eigenvalue weighted by molar-refractivity contribution is -0.174. The Hall–Kier alpha value is -3.73. The second-order valence-electron chi connectivity index (χ2n) is 7.91. The normalized spacial score (nSPS) is 19.4. The van der Waals surface area contributed by atoms with E-state index in [4.69, 9.17) is 0 Å². The van der Waals surface area contributed by atoms with Crippen LogP contribution in [0.4, 0.5) is 13.2 Å². The highest BCUT2D eigenvalue weighted by Crippen LogP contribution is 2.48. The summed E-state index contributed by atoms with van der Waals surface area (Å²) in [6.45, 7) is 1.18. The van der Waals surface area contributed by atoms with Crippen LogP contribution >= 0.6 is 0 Å². The SMILES string of the molecule is CC(=O)c1cccc2c1C(=O)c1c(O)c3c(c(O)c1C2=O)[C@H](O)C[C@H](NC(=O)C(F)(F)F)C3. The molecule has 0 bridgehead atoms. The van der Waals surface area contributed by atoms with Gasteiger partial charge in [-0.05, 0) is 19.8 Å². The van der Waals surface area contributed by atoms with Crippen molar-refractivity contribution in [2.45, 2.75) is 38.1 Å². The standard InChI is InChI=1S/C22H16F3NO7/c1-7(27)9-3-2-4-10-13(9)19(31)16-15(17(10)29)20(32)14-11(18(16)30)5-8(6-12(14)28)26-21(33)22(23,24)25/h2-4,8,12,28,30,32H,5-6H2,1H3,(H,26,33)/t8-,12-/m1/s1. The van der Waals surface area contributed by atoms with Gasteiger partial charge in [-0.2, -0.15) is 13.2 Å². The number of carbonyl (C=O) groups excluding carboxylic acids is 4. The molecule has 8 nitrogen and oxygen atoms in total. The van der Waals surface area contributed by atoms with Crippen LogP contribution in [0, 0.1) is 0 Å². The van der Waals surface area contributed by atoms with Gasteiger partial charge in [-0.25, -0.2) is 0 Å². The molecule has 0 heterocycles. The van der Waals surface area contributed by atoms with Crippen LogP contribution in [0.25, 0.3) is 0 Å². The van der Waals surface area contributed by atoms with E-state index in [9.17, 15) is 47.7 Å². The first-order valence-corrected chi connectivity index (χ1v) is 9.74. The van der Waals surface area contributed by atoms with E-state index in [-0.39, 0.29) is 27.8 Å². The molecule has 2 aromatic carbocycles. The van der Waals surface area contributed by atoms with E-state index in [0.717, 1.165) is 0 Å². The number of fused-ring (bicyclic) bond motifs is 3. The summed E-state index contributed by atoms with van der Waals surface area (Å²) < 4.78 is 37.9. The second kappa shape index (κ2) is 7.41. The lowest BCUT2D eigenvalue weighted by Gasteiger charge is -2.33. The van der Waals surface area contributed by atoms with Gasteiger partial charge >= 0.3 is 12.1 Å². The molecule has 4 rings (SSSR count). The van der Waals surface area contributed by atoms with Crippen molar-refractivity contribution in [1.82, 2.24) is 5.32 Å². The highest BCUT2D eigenvalue weighted by molar-refractivity contribution is 6.32. The first-order chi connectivity index (χ1) is 15.3. The summed E-state index contributed by atoms with van der Waals surface area (Å²) in [5.41, 5.74) is -2.29. The summed E-state index contributed by atoms with van der Waals surface area (Å²) in [7, 11) is 0. The van der Waals surface area contributed by atoms with Gasteiger partial charge in [0.25, 0.3) is 0 Å². The number of benzene rings is 2. The maximum atomic E-state index is 13.3. The monoisotopic (exact) mass is 463 g/mol. The van der Waals surface area contributed by atoms with Crippen LogP contribution in [0.5, 0.6) is 11.5 Å². The molecule has 1 amide bonds. The van der Waals surface area contributed by atoms with Crippen LogP contribution in [0.3, 0.4) is 0 Å². The largest absolute Gasteiger partial charge is 0.507 e. The first kappa shape index (κ1) is 22.5. The van der Waals surface area contributed by atoms with Crippen LogP contribution in [0.2, 0.25) is 0 Å². The maximum absolute atomic E-state index is 13.3. The van der Waals surface area contributed by atoms with Crippen LogP contribution in [-0.4, -0.2) is 50.8 Å². The van der Waals surface area contributed by atoms with E-state index >= 15 is 0 Å². The van der Waals surface area contributed by atoms with E-state index in [1.54, 1.807) is 5.32 Å². The number of hydrogen-bond donors (Lipinski definition) is 4. The van der Waals surface area contributed by atoms with Gasteiger partial charge in [-0.3, -0.25) is 19.2 Å². The summed E-state index contributed by atoms with van der Waals surface area (Å²) in [5.74, 6) is -6.18. The number of alkyl halides is 3. The molecule has 0 radical (unpaired) electrons. The smallest absolute Gasteiger partial charge is 0.471 e. The number of nitrogens with one attached hydrogen (secondary N) is 1. The molecule has 0 aliphatic heterocycles. The average Bonchev–Trinajstić information content (AvgIpc) is 2.72. The molecule has 2 atom stereocenters. The molecule has 172 valence electrons. The van der Waals surface area contributed by atoms with E-state index < -0.39 is 77.0 Å². The van der Waals surface area contributed by atoms with Crippen molar-refractivity contribution in [3.05, 3.63) is 57.1 Å². The highest BCUT2D eigenvalue weighted by atomic mass is 19.4. The molecule has 2 aliphatic rings. The van der Waals surface area contributed by atoms with Crippen LogP contribution in [0.1, 0.15) is 72.8 Å². The third-order valence-corrected chi connectivity index (χ3v) is 5.84. The topological polar surface area (TPSA) is 141 Å². The van der Waals surface area contributed by atoms with E-state index in [1.165, 1.54) is 25.1 Å². The molecule has 0 spiro atoms. The minimum atomic E-state index is -5.18. The summed E-state index contributed by atoms with van der Waals surface area (Å²) in [6.07, 6.45) is -7.71. The van der Waals surface area contributed by atoms with Crippen molar-refractivity contribution in [3.63, 3.8) is 0 Å². The number of Topliss-reactive ketones (excluding diaryl/α,β-unsaturated/α-hetero) is 1. The number of phenols is 2. The zero-order chi connectivity index (χ0) is 24.4. The number of aliphatic hydroxyl groups is 1. The second-order valence-corrected chi connectivity index (χ2v) is 7.91. The Kier molecular flexibility index (Phi) is 5.04. The molecule has 0 unspecified atom stereocenters. The third-order valence-electron chi connectivity index (χ3n) is 5.84. The number of hydrogen-bond acceptors (Lipinski definition) is 7. The number of aliphatic hydroxyl groups excluding tert-OH is 1. The van der Waals surface area contributed by atoms with Gasteiger partial charge in [-0.15, -0.1) is 0 Å². The number of halogens is 3. The fraction of sp³-hybridized carbons (Fsp3) is 0.273. The van der Waals surface area contributed by atoms with Crippen molar-refractivity contribution >= 4 is 23.3 Å². The van der Waals surface area contributed by atoms with Gasteiger partial charge < -0.3 is 20.6 Å². The van der Waals surface area contributed by atoms with Gasteiger partial charge in [0, 0.05) is 33.9 Å². The molecule has 11 heteroatoms. The number of ketones is 3. The molecule has 2 aromatic rings. The van der Waals surface area contributed by atoms with Crippen LogP contribution < -0.4 is 5.32 Å². The van der Waals surface area contributed by atoms with Crippen molar-refractivity contribution < 1.29 is 47.7 Å². The number of amides is 1. The summed E-state index contributed by atoms with van der Waals surface area (Å²) in [4.78, 5) is 49.7. The van der Waals surface area contributed by atoms with Crippen LogP contribution in [0.15, 0.2) is 18.2 Å². The van der Waals surface area contributed by atoms with E-state index in [1.807, 2.05) is 0 Å². The number of aromatic hydroxyl groups is 2. The van der Waals surface area contributed by atoms with Gasteiger partial charge in [0.15, 0.2) is 17.3 Å². The Bertz CT molecular complexity index is 1270. The summed E-state index contributed by atoms with van der Waals surface area (Å²) in [5, 5.41) is 33.8. The summed E-state index contributed by atoms with van der Waals surface area (Å²) in [6, 6.07) is 2.70. The van der Waals surface area contributed by atoms with Crippen molar-refractivity contribution in [1.29, 1.82) is 0 Å². The Morgan fingerprint density at radius 3 is 2.27 bits per heavy atom. The predicted octanol–water partition coefficient (Wildman–Crippen LogP) is 2.10. The molecule has 0 saturated carbocycles. The molecule has 33 heavy (non-hydrogen) atoms. The molecule has 0 fully saturated rings. The zero-order valence-corrected chi connectivity index (χ0v) is 16.9. The fourth-order valence-corrected chi connectivity index (χ4v) is 4.43. The van der Waals surface area contributed by atoms with Crippen LogP contribution in [-0.2, 0) is 11.2 Å². The lowest BCUT2D eigenvalue weighted by Crippen LogP contribution is -2.46. The molecule has 2 aliphatic carbocycles. The zero-order valence-electron chi connectivity index (χ0n) is 16.9. The Labute approximate surface area is 183 Å². The van der Waals surface area contributed by atoms with Gasteiger partial charge in [-0.1, -0.05) is 18.2 Å². The third kappa shape index (κ3) is 3.35. The molecule has 0 aromatic heterocycles. The molecule has 4 N–H and O–H groups in total. The first-order valence-electron chi connectivity index (χ1n) is 9.74. The number of phenolic OH excluding ortho intramolecular Hbond substituents is 2. The number of rotatable bonds is 2. The summed E-state index contributed by atoms with van der Waals surface area (Å²) >= 11 is 0. The van der Waals surface area contributed by atoms with Crippen molar-refractivity contribution in [2.24, 2.45) is 0 Å². The lowest BCUT2D eigenvalue weighted by atomic mass is 9.75. The van der Waals surface area contributed by atoms with Gasteiger partial charge in [0.05, 0.1) is 17.2 Å². The quantitative estimate of drug-likeness (QED) is 0.337. The van der Waals surface area contributed by atoms with E-state index in [0.29, 0.717) is 0 Å². The number of carbonyl (C=O) groups is 4. The maximum Gasteiger partial charge on any atom is 0.471 e. The Morgan fingerprint density at radius 1 is 1.03 bits per heavy atom. The van der Waals surface area contributed by atoms with E-state index in [2.05, 4.69) is 0 Å². The minimum Gasteiger partial charge on any atom is -0.507 e. The molecular weight excluding hydrogens is 447 g/mol. The fourth-order valence-electron chi connectivity index (χ4n) is 4.43. The highest BCUT2D eigenvalue weighted by Gasteiger charge is 2.44. The molecular formula is C22H16F3NO7. The minimum absolute atomic E-state index is 0.0801. The Balaban J connectivity index is 1.88. The van der Waals surface area contributed by atoms with Crippen molar-refractivity contribution in [3.8, 4) is 11.5 Å². The average molecular weight is 463 g/mol.